The minimum Gasteiger partial charge on any atom is -0.493 e. The lowest BCUT2D eigenvalue weighted by molar-refractivity contribution is -0.0564. The van der Waals surface area contributed by atoms with E-state index in [1.165, 1.54) is 50.7 Å². The summed E-state index contributed by atoms with van der Waals surface area (Å²) in [6.45, 7) is 5.00. The molecule has 170 valence electrons. The topological polar surface area (TPSA) is 27.7 Å². The lowest BCUT2D eigenvalue weighted by atomic mass is 9.73. The highest BCUT2D eigenvalue weighted by Crippen LogP contribution is 2.39. The summed E-state index contributed by atoms with van der Waals surface area (Å²) in [5.41, 5.74) is -0.738. The quantitative estimate of drug-likeness (QED) is 0.426. The molecule has 2 atom stereocenters. The predicted octanol–water partition coefficient (Wildman–Crippen LogP) is 6.94. The molecule has 1 aromatic rings. The number of rotatable bonds is 9. The van der Waals surface area contributed by atoms with Gasteiger partial charge < -0.3 is 14.2 Å². The molecule has 1 aliphatic carbocycles. The molecule has 0 bridgehead atoms. The summed E-state index contributed by atoms with van der Waals surface area (Å²) in [5, 5.41) is 0. The van der Waals surface area contributed by atoms with Gasteiger partial charge in [-0.05, 0) is 62.5 Å². The molecular formula is C24H35F3O3. The van der Waals surface area contributed by atoms with Crippen LogP contribution in [0.2, 0.25) is 0 Å². The first-order valence-electron chi connectivity index (χ1n) is 11.5. The third-order valence-corrected chi connectivity index (χ3v) is 6.71. The molecule has 1 saturated carbocycles. The fourth-order valence-electron chi connectivity index (χ4n) is 5.02. The molecule has 0 spiro atoms. The van der Waals surface area contributed by atoms with E-state index in [4.69, 9.17) is 14.2 Å². The summed E-state index contributed by atoms with van der Waals surface area (Å²) in [6.07, 6.45) is 6.76. The molecule has 6 heteroatoms. The van der Waals surface area contributed by atoms with Gasteiger partial charge in [-0.3, -0.25) is 0 Å². The summed E-state index contributed by atoms with van der Waals surface area (Å²) in [4.78, 5) is 0. The molecule has 0 radical (unpaired) electrons. The van der Waals surface area contributed by atoms with Crippen LogP contribution in [0, 0.1) is 23.6 Å². The molecule has 0 aromatic heterocycles. The number of alkyl halides is 2. The van der Waals surface area contributed by atoms with Crippen LogP contribution in [0.15, 0.2) is 12.1 Å². The lowest BCUT2D eigenvalue weighted by Crippen LogP contribution is -2.35. The Morgan fingerprint density at radius 1 is 0.967 bits per heavy atom. The summed E-state index contributed by atoms with van der Waals surface area (Å²) < 4.78 is 57.7. The van der Waals surface area contributed by atoms with E-state index in [0.29, 0.717) is 12.5 Å². The van der Waals surface area contributed by atoms with Crippen LogP contribution in [0.3, 0.4) is 0 Å². The Morgan fingerprint density at radius 3 is 2.27 bits per heavy atom. The van der Waals surface area contributed by atoms with Gasteiger partial charge in [-0.15, -0.1) is 0 Å². The van der Waals surface area contributed by atoms with E-state index in [1.54, 1.807) is 6.92 Å². The maximum Gasteiger partial charge on any atom is 0.270 e. The van der Waals surface area contributed by atoms with Gasteiger partial charge in [0.1, 0.15) is 12.4 Å². The van der Waals surface area contributed by atoms with E-state index < -0.39 is 17.8 Å². The Labute approximate surface area is 178 Å². The maximum atomic E-state index is 14.5. The van der Waals surface area contributed by atoms with E-state index in [0.717, 1.165) is 24.7 Å². The van der Waals surface area contributed by atoms with Crippen molar-refractivity contribution in [3.63, 3.8) is 0 Å². The summed E-state index contributed by atoms with van der Waals surface area (Å²) in [7, 11) is 0. The largest absolute Gasteiger partial charge is 0.493 e. The number of ether oxygens (including phenoxy) is 3. The third kappa shape index (κ3) is 5.83. The molecule has 0 amide bonds. The monoisotopic (exact) mass is 428 g/mol. The first kappa shape index (κ1) is 23.2. The number of benzene rings is 1. The van der Waals surface area contributed by atoms with Crippen molar-refractivity contribution in [2.45, 2.75) is 77.7 Å². The van der Waals surface area contributed by atoms with Crippen LogP contribution < -0.4 is 9.47 Å². The molecule has 3 rings (SSSR count). The second-order valence-corrected chi connectivity index (χ2v) is 8.70. The van der Waals surface area contributed by atoms with Gasteiger partial charge in [0, 0.05) is 0 Å². The fourth-order valence-corrected chi connectivity index (χ4v) is 5.02. The van der Waals surface area contributed by atoms with Crippen LogP contribution in [0.4, 0.5) is 13.2 Å². The van der Waals surface area contributed by atoms with Crippen LogP contribution in [-0.4, -0.2) is 25.9 Å². The normalized spacial score (nSPS) is 27.3. The van der Waals surface area contributed by atoms with Gasteiger partial charge in [0.2, 0.25) is 0 Å². The summed E-state index contributed by atoms with van der Waals surface area (Å²) in [6, 6.07) is 2.70. The highest BCUT2D eigenvalue weighted by atomic mass is 19.3. The van der Waals surface area contributed by atoms with Gasteiger partial charge in [-0.25, -0.2) is 13.2 Å². The van der Waals surface area contributed by atoms with Crippen LogP contribution in [0.5, 0.6) is 11.5 Å². The molecule has 1 aliphatic heterocycles. The van der Waals surface area contributed by atoms with Crippen molar-refractivity contribution >= 4 is 0 Å². The van der Waals surface area contributed by atoms with E-state index in [2.05, 4.69) is 6.92 Å². The third-order valence-electron chi connectivity index (χ3n) is 6.71. The molecule has 2 unspecified atom stereocenters. The molecule has 2 aliphatic rings. The molecule has 1 heterocycles. The van der Waals surface area contributed by atoms with Crippen LogP contribution in [0.1, 0.15) is 77.2 Å². The van der Waals surface area contributed by atoms with Crippen LogP contribution in [0.25, 0.3) is 0 Å². The second-order valence-electron chi connectivity index (χ2n) is 8.70. The zero-order valence-corrected chi connectivity index (χ0v) is 18.2. The summed E-state index contributed by atoms with van der Waals surface area (Å²) in [5.74, 6) is 0.887. The first-order valence-corrected chi connectivity index (χ1v) is 11.5. The van der Waals surface area contributed by atoms with Crippen molar-refractivity contribution in [3.8, 4) is 11.5 Å². The minimum atomic E-state index is -2.96. The average Bonchev–Trinajstić information content (AvgIpc) is 2.74. The smallest absolute Gasteiger partial charge is 0.270 e. The number of hydrogen-bond donors (Lipinski definition) is 0. The fraction of sp³-hybridized carbons (Fsp3) is 0.750. The van der Waals surface area contributed by atoms with Gasteiger partial charge in [0.05, 0.1) is 24.9 Å². The number of hydrogen-bond acceptors (Lipinski definition) is 3. The van der Waals surface area contributed by atoms with Gasteiger partial charge in [0.15, 0.2) is 11.6 Å². The van der Waals surface area contributed by atoms with Crippen LogP contribution >= 0.6 is 0 Å². The van der Waals surface area contributed by atoms with E-state index in [9.17, 15) is 13.2 Å². The zero-order valence-electron chi connectivity index (χ0n) is 18.2. The van der Waals surface area contributed by atoms with Crippen molar-refractivity contribution in [3.05, 3.63) is 23.5 Å². The van der Waals surface area contributed by atoms with Crippen molar-refractivity contribution < 1.29 is 27.4 Å². The molecule has 1 saturated heterocycles. The molecule has 3 nitrogen and oxygen atoms in total. The standard InChI is InChI=1S/C24H35F3O3/c1-3-5-16-6-8-17(9-7-16)18-10-11-19(29-14-18)15-30-21-13-12-20(28-4-2)22(23(21)25)24(26)27/h12-13,16-19,24H,3-11,14-15H2,1-2H3. The number of halogens is 3. The molecule has 30 heavy (non-hydrogen) atoms. The predicted molar refractivity (Wildman–Crippen MR) is 111 cm³/mol. The van der Waals surface area contributed by atoms with Gasteiger partial charge in [-0.1, -0.05) is 32.6 Å². The molecule has 2 fully saturated rings. The van der Waals surface area contributed by atoms with E-state index >= 15 is 0 Å². The van der Waals surface area contributed by atoms with Gasteiger partial charge in [0.25, 0.3) is 6.43 Å². The Kier molecular flexibility index (Phi) is 8.72. The Hall–Kier alpha value is -1.43. The summed E-state index contributed by atoms with van der Waals surface area (Å²) >= 11 is 0. The van der Waals surface area contributed by atoms with Crippen molar-refractivity contribution in [1.29, 1.82) is 0 Å². The second kappa shape index (κ2) is 11.3. The molecular weight excluding hydrogens is 393 g/mol. The van der Waals surface area contributed by atoms with Gasteiger partial charge in [-0.2, -0.15) is 0 Å². The van der Waals surface area contributed by atoms with E-state index in [-0.39, 0.29) is 30.8 Å². The highest BCUT2D eigenvalue weighted by Gasteiger charge is 2.32. The first-order chi connectivity index (χ1) is 14.5. The molecule has 0 N–H and O–H groups in total. The highest BCUT2D eigenvalue weighted by molar-refractivity contribution is 5.42. The average molecular weight is 429 g/mol. The Balaban J connectivity index is 1.47. The lowest BCUT2D eigenvalue weighted by Gasteiger charge is -2.37. The zero-order chi connectivity index (χ0) is 21.5. The van der Waals surface area contributed by atoms with Crippen molar-refractivity contribution in [2.24, 2.45) is 17.8 Å². The van der Waals surface area contributed by atoms with E-state index in [1.807, 2.05) is 0 Å². The van der Waals surface area contributed by atoms with Gasteiger partial charge >= 0.3 is 0 Å². The SMILES string of the molecule is CCCC1CCC(C2CCC(COc3ccc(OCC)c(C(F)F)c3F)OC2)CC1. The van der Waals surface area contributed by atoms with Crippen LogP contribution in [-0.2, 0) is 4.74 Å². The Morgan fingerprint density at radius 2 is 1.67 bits per heavy atom. The van der Waals surface area contributed by atoms with Crippen molar-refractivity contribution in [2.75, 3.05) is 19.8 Å². The van der Waals surface area contributed by atoms with Crippen molar-refractivity contribution in [1.82, 2.24) is 0 Å². The Bertz CT molecular complexity index is 651. The minimum absolute atomic E-state index is 0.126. The molecule has 1 aromatic carbocycles. The maximum absolute atomic E-state index is 14.5.